The van der Waals surface area contributed by atoms with Crippen LogP contribution in [0.25, 0.3) is 11.5 Å². The maximum atomic E-state index is 12.8. The SMILES string of the molecule is CC(C)NC(=O)Nc1nc(-c2ccco2)c(C(=O)c2ccccn2)s1. The van der Waals surface area contributed by atoms with E-state index in [4.69, 9.17) is 4.42 Å². The minimum absolute atomic E-state index is 0.0147. The number of carbonyl (C=O) groups is 2. The molecule has 2 amide bonds. The lowest BCUT2D eigenvalue weighted by atomic mass is 10.1. The van der Waals surface area contributed by atoms with Gasteiger partial charge in [0.15, 0.2) is 10.9 Å². The van der Waals surface area contributed by atoms with E-state index < -0.39 is 0 Å². The van der Waals surface area contributed by atoms with Gasteiger partial charge < -0.3 is 9.73 Å². The summed E-state index contributed by atoms with van der Waals surface area (Å²) < 4.78 is 5.37. The second-order valence-corrected chi connectivity index (χ2v) is 6.47. The van der Waals surface area contributed by atoms with E-state index >= 15 is 0 Å². The molecule has 7 nitrogen and oxygen atoms in total. The van der Waals surface area contributed by atoms with E-state index in [0.717, 1.165) is 11.3 Å². The summed E-state index contributed by atoms with van der Waals surface area (Å²) in [4.78, 5) is 33.5. The number of thiazole rings is 1. The van der Waals surface area contributed by atoms with Gasteiger partial charge in [0.25, 0.3) is 0 Å². The molecule has 3 aromatic rings. The molecule has 3 aromatic heterocycles. The lowest BCUT2D eigenvalue weighted by molar-refractivity contribution is 0.103. The van der Waals surface area contributed by atoms with Gasteiger partial charge in [-0.2, -0.15) is 0 Å². The molecule has 0 bridgehead atoms. The molecule has 0 unspecified atom stereocenters. The topological polar surface area (TPSA) is 97.1 Å². The molecule has 3 heterocycles. The van der Waals surface area contributed by atoms with Crippen LogP contribution in [-0.4, -0.2) is 27.8 Å². The van der Waals surface area contributed by atoms with Crippen molar-refractivity contribution < 1.29 is 14.0 Å². The fourth-order valence-corrected chi connectivity index (χ4v) is 3.03. The van der Waals surface area contributed by atoms with Crippen LogP contribution in [0.3, 0.4) is 0 Å². The largest absolute Gasteiger partial charge is 0.463 e. The minimum atomic E-state index is -0.383. The number of anilines is 1. The second kappa shape index (κ2) is 7.27. The van der Waals surface area contributed by atoms with Gasteiger partial charge in [0.05, 0.1) is 6.26 Å². The number of aromatic nitrogens is 2. The highest BCUT2D eigenvalue weighted by Gasteiger charge is 2.23. The second-order valence-electron chi connectivity index (χ2n) is 5.47. The Kier molecular flexibility index (Phi) is 4.90. The Labute approximate surface area is 148 Å². The number of urea groups is 1. The van der Waals surface area contributed by atoms with E-state index in [9.17, 15) is 9.59 Å². The third kappa shape index (κ3) is 3.92. The van der Waals surface area contributed by atoms with Gasteiger partial charge in [-0.1, -0.05) is 17.4 Å². The third-order valence-electron chi connectivity index (χ3n) is 3.13. The quantitative estimate of drug-likeness (QED) is 0.681. The Bertz CT molecular complexity index is 873. The Hall–Kier alpha value is -3.00. The molecule has 0 aliphatic carbocycles. The monoisotopic (exact) mass is 356 g/mol. The molecule has 128 valence electrons. The Balaban J connectivity index is 1.96. The fourth-order valence-electron chi connectivity index (χ4n) is 2.12. The number of nitrogens with one attached hydrogen (secondary N) is 2. The van der Waals surface area contributed by atoms with Gasteiger partial charge in [0.1, 0.15) is 16.3 Å². The highest BCUT2D eigenvalue weighted by Crippen LogP contribution is 2.33. The van der Waals surface area contributed by atoms with E-state index in [0.29, 0.717) is 27.2 Å². The van der Waals surface area contributed by atoms with Crippen LogP contribution in [0.4, 0.5) is 9.93 Å². The van der Waals surface area contributed by atoms with Crippen LogP contribution in [0.15, 0.2) is 47.2 Å². The number of pyridine rings is 1. The summed E-state index contributed by atoms with van der Waals surface area (Å²) >= 11 is 1.08. The molecule has 0 saturated carbocycles. The van der Waals surface area contributed by atoms with E-state index in [1.54, 1.807) is 36.5 Å². The van der Waals surface area contributed by atoms with E-state index in [2.05, 4.69) is 20.6 Å². The number of hydrogen-bond donors (Lipinski definition) is 2. The third-order valence-corrected chi connectivity index (χ3v) is 4.10. The van der Waals surface area contributed by atoms with Crippen LogP contribution in [0, 0.1) is 0 Å². The van der Waals surface area contributed by atoms with Crippen molar-refractivity contribution >= 4 is 28.3 Å². The van der Waals surface area contributed by atoms with Crippen LogP contribution in [0.1, 0.15) is 29.2 Å². The maximum Gasteiger partial charge on any atom is 0.321 e. The summed E-state index contributed by atoms with van der Waals surface area (Å²) in [6, 6.07) is 8.13. The van der Waals surface area contributed by atoms with Crippen molar-refractivity contribution in [2.75, 3.05) is 5.32 Å². The maximum absolute atomic E-state index is 12.8. The number of rotatable bonds is 5. The smallest absolute Gasteiger partial charge is 0.321 e. The normalized spacial score (nSPS) is 10.7. The number of nitrogens with zero attached hydrogens (tertiary/aromatic N) is 2. The zero-order valence-electron chi connectivity index (χ0n) is 13.6. The first-order chi connectivity index (χ1) is 12.0. The Morgan fingerprint density at radius 1 is 1.20 bits per heavy atom. The summed E-state index contributed by atoms with van der Waals surface area (Å²) in [5.41, 5.74) is 0.683. The molecule has 25 heavy (non-hydrogen) atoms. The molecule has 8 heteroatoms. The van der Waals surface area contributed by atoms with Crippen molar-refractivity contribution in [2.45, 2.75) is 19.9 Å². The summed E-state index contributed by atoms with van der Waals surface area (Å²) in [5, 5.41) is 5.67. The molecule has 3 rings (SSSR count). The number of carbonyl (C=O) groups excluding carboxylic acids is 2. The zero-order chi connectivity index (χ0) is 17.8. The van der Waals surface area contributed by atoms with Gasteiger partial charge in [0.2, 0.25) is 5.78 Å². The van der Waals surface area contributed by atoms with Crippen LogP contribution in [0.5, 0.6) is 0 Å². The van der Waals surface area contributed by atoms with Gasteiger partial charge in [0, 0.05) is 12.2 Å². The molecule has 0 spiro atoms. The highest BCUT2D eigenvalue weighted by molar-refractivity contribution is 7.18. The number of ketones is 1. The predicted octanol–water partition coefficient (Wildman–Crippen LogP) is 3.56. The minimum Gasteiger partial charge on any atom is -0.463 e. The van der Waals surface area contributed by atoms with Crippen LogP contribution < -0.4 is 10.6 Å². The van der Waals surface area contributed by atoms with E-state index in [1.807, 2.05) is 13.8 Å². The standard InChI is InChI=1S/C17H16N4O3S/c1-10(2)19-16(23)21-17-20-13(12-7-5-9-24-12)15(25-17)14(22)11-6-3-4-8-18-11/h3-10H,1-2H3,(H2,19,20,21,23). The lowest BCUT2D eigenvalue weighted by Gasteiger charge is -2.07. The van der Waals surface area contributed by atoms with Crippen molar-refractivity contribution in [3.63, 3.8) is 0 Å². The number of hydrogen-bond acceptors (Lipinski definition) is 6. The average molecular weight is 356 g/mol. The Morgan fingerprint density at radius 3 is 2.68 bits per heavy atom. The molecule has 0 atom stereocenters. The average Bonchev–Trinajstić information content (AvgIpc) is 3.23. The molecule has 0 saturated heterocycles. The van der Waals surface area contributed by atoms with Gasteiger partial charge in [-0.05, 0) is 38.1 Å². The van der Waals surface area contributed by atoms with Crippen LogP contribution in [0.2, 0.25) is 0 Å². The molecular weight excluding hydrogens is 340 g/mol. The first kappa shape index (κ1) is 16.8. The number of amides is 2. The molecular formula is C17H16N4O3S. The van der Waals surface area contributed by atoms with Crippen molar-refractivity contribution in [1.29, 1.82) is 0 Å². The first-order valence-corrected chi connectivity index (χ1v) is 8.44. The van der Waals surface area contributed by atoms with E-state index in [1.165, 1.54) is 6.26 Å². The summed E-state index contributed by atoms with van der Waals surface area (Å²) in [6.45, 7) is 3.71. The summed E-state index contributed by atoms with van der Waals surface area (Å²) in [6.07, 6.45) is 3.05. The number of furan rings is 1. The molecule has 0 aromatic carbocycles. The van der Waals surface area contributed by atoms with Gasteiger partial charge in [-0.3, -0.25) is 15.1 Å². The van der Waals surface area contributed by atoms with Crippen molar-refractivity contribution in [3.05, 3.63) is 53.4 Å². The summed E-state index contributed by atoms with van der Waals surface area (Å²) in [7, 11) is 0. The molecule has 0 fully saturated rings. The molecule has 0 aliphatic rings. The van der Waals surface area contributed by atoms with Crippen molar-refractivity contribution in [3.8, 4) is 11.5 Å². The van der Waals surface area contributed by atoms with E-state index in [-0.39, 0.29) is 17.9 Å². The Morgan fingerprint density at radius 2 is 2.04 bits per heavy atom. The fraction of sp³-hybridized carbons (Fsp3) is 0.176. The van der Waals surface area contributed by atoms with Crippen molar-refractivity contribution in [2.24, 2.45) is 0 Å². The predicted molar refractivity (Wildman–Crippen MR) is 94.8 cm³/mol. The zero-order valence-corrected chi connectivity index (χ0v) is 14.5. The highest BCUT2D eigenvalue weighted by atomic mass is 32.1. The summed E-state index contributed by atoms with van der Waals surface area (Å²) in [5.74, 6) is 0.176. The van der Waals surface area contributed by atoms with Gasteiger partial charge in [-0.15, -0.1) is 0 Å². The van der Waals surface area contributed by atoms with Crippen molar-refractivity contribution in [1.82, 2.24) is 15.3 Å². The van der Waals surface area contributed by atoms with Crippen LogP contribution >= 0.6 is 11.3 Å². The first-order valence-electron chi connectivity index (χ1n) is 7.62. The van der Waals surface area contributed by atoms with Gasteiger partial charge >= 0.3 is 6.03 Å². The van der Waals surface area contributed by atoms with Crippen LogP contribution in [-0.2, 0) is 0 Å². The molecule has 0 radical (unpaired) electrons. The lowest BCUT2D eigenvalue weighted by Crippen LogP contribution is -2.34. The molecule has 0 aliphatic heterocycles. The molecule has 2 N–H and O–H groups in total. The van der Waals surface area contributed by atoms with Gasteiger partial charge in [-0.25, -0.2) is 9.78 Å².